The molecular weight excluding hydrogens is 191 g/mol. The highest BCUT2D eigenvalue weighted by atomic mass is 19.1. The van der Waals surface area contributed by atoms with Gasteiger partial charge in [0.05, 0.1) is 6.04 Å². The summed E-state index contributed by atoms with van der Waals surface area (Å²) in [5.41, 5.74) is 1.09. The molecule has 1 aliphatic heterocycles. The third-order valence-corrected chi connectivity index (χ3v) is 2.92. The Labute approximate surface area is 90.1 Å². The van der Waals surface area contributed by atoms with Crippen molar-refractivity contribution in [3.8, 4) is 0 Å². The van der Waals surface area contributed by atoms with Crippen molar-refractivity contribution in [2.24, 2.45) is 0 Å². The van der Waals surface area contributed by atoms with Crippen LogP contribution in [-0.4, -0.2) is 37.8 Å². The molecule has 0 saturated carbocycles. The number of nitrogens with zero attached hydrogens (tertiary/aromatic N) is 1. The van der Waals surface area contributed by atoms with E-state index in [1.807, 2.05) is 30.3 Å². The Balaban J connectivity index is 2.09. The molecule has 0 bridgehead atoms. The van der Waals surface area contributed by atoms with Crippen LogP contribution in [0.15, 0.2) is 30.3 Å². The zero-order valence-electron chi connectivity index (χ0n) is 8.82. The maximum atomic E-state index is 13.1. The highest BCUT2D eigenvalue weighted by Gasteiger charge is 2.21. The molecule has 0 spiro atoms. The number of rotatable bonds is 3. The van der Waals surface area contributed by atoms with Crippen LogP contribution < -0.4 is 5.32 Å². The quantitative estimate of drug-likeness (QED) is 0.811. The summed E-state index contributed by atoms with van der Waals surface area (Å²) in [5, 5.41) is 3.28. The van der Waals surface area contributed by atoms with Crippen LogP contribution in [0.2, 0.25) is 0 Å². The zero-order chi connectivity index (χ0) is 10.5. The van der Waals surface area contributed by atoms with E-state index in [-0.39, 0.29) is 12.7 Å². The fourth-order valence-corrected chi connectivity index (χ4v) is 2.07. The average Bonchev–Trinajstić information content (AvgIpc) is 2.33. The molecule has 0 radical (unpaired) electrons. The van der Waals surface area contributed by atoms with Gasteiger partial charge < -0.3 is 5.32 Å². The van der Waals surface area contributed by atoms with Gasteiger partial charge in [-0.15, -0.1) is 0 Å². The first-order valence-corrected chi connectivity index (χ1v) is 5.47. The van der Waals surface area contributed by atoms with E-state index in [0.29, 0.717) is 0 Å². The minimum Gasteiger partial charge on any atom is -0.314 e. The Hall–Kier alpha value is -0.930. The molecule has 1 fully saturated rings. The lowest BCUT2D eigenvalue weighted by Gasteiger charge is -2.33. The van der Waals surface area contributed by atoms with Crippen LogP contribution in [-0.2, 0) is 0 Å². The third kappa shape index (κ3) is 2.55. The van der Waals surface area contributed by atoms with E-state index in [2.05, 4.69) is 10.2 Å². The number of hydrogen-bond acceptors (Lipinski definition) is 2. The Morgan fingerprint density at radius 2 is 1.87 bits per heavy atom. The minimum absolute atomic E-state index is 0.0618. The lowest BCUT2D eigenvalue weighted by molar-refractivity contribution is 0.147. The molecule has 1 saturated heterocycles. The molecule has 1 aromatic rings. The fraction of sp³-hybridized carbons (Fsp3) is 0.500. The number of hydrogen-bond donors (Lipinski definition) is 1. The Morgan fingerprint density at radius 1 is 1.20 bits per heavy atom. The van der Waals surface area contributed by atoms with Crippen molar-refractivity contribution in [3.63, 3.8) is 0 Å². The lowest BCUT2D eigenvalue weighted by atomic mass is 10.1. The summed E-state index contributed by atoms with van der Waals surface area (Å²) in [6.45, 7) is 3.49. The minimum atomic E-state index is -0.302. The van der Waals surface area contributed by atoms with Gasteiger partial charge in [0.15, 0.2) is 0 Å². The van der Waals surface area contributed by atoms with Gasteiger partial charge >= 0.3 is 0 Å². The maximum absolute atomic E-state index is 13.1. The standard InChI is InChI=1S/C12H17FN2/c13-10-12(11-4-2-1-3-5-11)15-8-6-14-7-9-15/h1-5,12,14H,6-10H2/t12-/m0/s1. The molecule has 1 N–H and O–H groups in total. The average molecular weight is 208 g/mol. The second-order valence-corrected chi connectivity index (χ2v) is 3.87. The van der Waals surface area contributed by atoms with E-state index in [1.165, 1.54) is 0 Å². The smallest absolute Gasteiger partial charge is 0.109 e. The van der Waals surface area contributed by atoms with Crippen molar-refractivity contribution in [3.05, 3.63) is 35.9 Å². The van der Waals surface area contributed by atoms with Crippen molar-refractivity contribution < 1.29 is 4.39 Å². The Bertz CT molecular complexity index is 283. The molecule has 0 aromatic heterocycles. The van der Waals surface area contributed by atoms with Gasteiger partial charge in [0, 0.05) is 26.2 Å². The molecule has 0 aliphatic carbocycles. The number of nitrogens with one attached hydrogen (secondary N) is 1. The highest BCUT2D eigenvalue weighted by molar-refractivity contribution is 5.19. The van der Waals surface area contributed by atoms with E-state index in [1.54, 1.807) is 0 Å². The fourth-order valence-electron chi connectivity index (χ4n) is 2.07. The molecule has 0 amide bonds. The van der Waals surface area contributed by atoms with Crippen LogP contribution in [0.25, 0.3) is 0 Å². The van der Waals surface area contributed by atoms with Crippen LogP contribution in [0.4, 0.5) is 4.39 Å². The summed E-state index contributed by atoms with van der Waals surface area (Å²) < 4.78 is 13.1. The van der Waals surface area contributed by atoms with Crippen LogP contribution in [0.3, 0.4) is 0 Å². The van der Waals surface area contributed by atoms with E-state index >= 15 is 0 Å². The number of piperazine rings is 1. The Kier molecular flexibility index (Phi) is 3.69. The summed E-state index contributed by atoms with van der Waals surface area (Å²) in [7, 11) is 0. The second kappa shape index (κ2) is 5.24. The SMILES string of the molecule is FC[C@@H](c1ccccc1)N1CCNCC1. The van der Waals surface area contributed by atoms with Gasteiger partial charge in [0.25, 0.3) is 0 Å². The third-order valence-electron chi connectivity index (χ3n) is 2.92. The molecule has 1 aromatic carbocycles. The van der Waals surface area contributed by atoms with E-state index in [4.69, 9.17) is 0 Å². The first-order valence-electron chi connectivity index (χ1n) is 5.47. The second-order valence-electron chi connectivity index (χ2n) is 3.87. The topological polar surface area (TPSA) is 15.3 Å². The zero-order valence-corrected chi connectivity index (χ0v) is 8.82. The molecule has 15 heavy (non-hydrogen) atoms. The van der Waals surface area contributed by atoms with E-state index in [9.17, 15) is 4.39 Å². The van der Waals surface area contributed by atoms with Gasteiger partial charge in [-0.3, -0.25) is 4.90 Å². The lowest BCUT2D eigenvalue weighted by Crippen LogP contribution is -2.45. The van der Waals surface area contributed by atoms with Gasteiger partial charge in [0.1, 0.15) is 6.67 Å². The summed E-state index contributed by atoms with van der Waals surface area (Å²) in [6.07, 6.45) is 0. The molecule has 1 aliphatic rings. The monoisotopic (exact) mass is 208 g/mol. The first-order chi connectivity index (χ1) is 7.42. The molecule has 3 heteroatoms. The molecule has 0 unspecified atom stereocenters. The summed E-state index contributed by atoms with van der Waals surface area (Å²) >= 11 is 0. The Morgan fingerprint density at radius 3 is 2.47 bits per heavy atom. The van der Waals surface area contributed by atoms with Crippen molar-refractivity contribution in [1.29, 1.82) is 0 Å². The van der Waals surface area contributed by atoms with Crippen LogP contribution in [0.5, 0.6) is 0 Å². The predicted molar refractivity (Wildman–Crippen MR) is 59.6 cm³/mol. The first kappa shape index (κ1) is 10.6. The van der Waals surface area contributed by atoms with Gasteiger partial charge in [-0.25, -0.2) is 4.39 Å². The van der Waals surface area contributed by atoms with E-state index < -0.39 is 0 Å². The molecule has 2 rings (SSSR count). The van der Waals surface area contributed by atoms with Crippen LogP contribution in [0, 0.1) is 0 Å². The summed E-state index contributed by atoms with van der Waals surface area (Å²) in [5.74, 6) is 0. The maximum Gasteiger partial charge on any atom is 0.109 e. The summed E-state index contributed by atoms with van der Waals surface area (Å²) in [4.78, 5) is 2.21. The van der Waals surface area contributed by atoms with Crippen molar-refractivity contribution in [2.45, 2.75) is 6.04 Å². The van der Waals surface area contributed by atoms with Crippen LogP contribution in [0.1, 0.15) is 11.6 Å². The highest BCUT2D eigenvalue weighted by Crippen LogP contribution is 2.21. The number of halogens is 1. The van der Waals surface area contributed by atoms with Gasteiger partial charge in [-0.05, 0) is 5.56 Å². The molecule has 2 nitrogen and oxygen atoms in total. The molecule has 1 heterocycles. The van der Waals surface area contributed by atoms with Gasteiger partial charge in [-0.1, -0.05) is 30.3 Å². The largest absolute Gasteiger partial charge is 0.314 e. The molecular formula is C12H17FN2. The van der Waals surface area contributed by atoms with Crippen LogP contribution >= 0.6 is 0 Å². The van der Waals surface area contributed by atoms with Gasteiger partial charge in [0.2, 0.25) is 0 Å². The predicted octanol–water partition coefficient (Wildman–Crippen LogP) is 1.60. The van der Waals surface area contributed by atoms with Crippen molar-refractivity contribution in [2.75, 3.05) is 32.9 Å². The van der Waals surface area contributed by atoms with Crippen molar-refractivity contribution in [1.82, 2.24) is 10.2 Å². The van der Waals surface area contributed by atoms with Crippen molar-refractivity contribution >= 4 is 0 Å². The summed E-state index contributed by atoms with van der Waals surface area (Å²) in [6, 6.07) is 9.86. The molecule has 82 valence electrons. The number of benzene rings is 1. The molecule has 1 atom stereocenters. The van der Waals surface area contributed by atoms with E-state index in [0.717, 1.165) is 31.7 Å². The van der Waals surface area contributed by atoms with Gasteiger partial charge in [-0.2, -0.15) is 0 Å². The number of alkyl halides is 1. The normalized spacial score (nSPS) is 20.1.